The van der Waals surface area contributed by atoms with Crippen molar-refractivity contribution in [3.8, 4) is 0 Å². The SMILES string of the molecule is C=CCC1=C2c3ccccc3CC(C)(C)N2[C@@](O)(C(=O)N2CCOCC2)C1=O. The van der Waals surface area contributed by atoms with Gasteiger partial charge in [0.25, 0.3) is 11.6 Å². The zero-order chi connectivity index (χ0) is 20.1. The van der Waals surface area contributed by atoms with Gasteiger partial charge in [-0.15, -0.1) is 6.58 Å². The van der Waals surface area contributed by atoms with Crippen molar-refractivity contribution in [3.63, 3.8) is 0 Å². The molecule has 0 unspecified atom stereocenters. The van der Waals surface area contributed by atoms with Crippen LogP contribution in [0.25, 0.3) is 5.70 Å². The van der Waals surface area contributed by atoms with Crippen molar-refractivity contribution in [3.05, 3.63) is 53.6 Å². The van der Waals surface area contributed by atoms with Crippen LogP contribution in [0.4, 0.5) is 0 Å². The maximum atomic E-state index is 13.5. The van der Waals surface area contributed by atoms with E-state index in [0.29, 0.717) is 50.4 Å². The number of carbonyl (C=O) groups excluding carboxylic acids is 2. The quantitative estimate of drug-likeness (QED) is 0.637. The fourth-order valence-corrected chi connectivity index (χ4v) is 4.70. The Balaban J connectivity index is 1.89. The lowest BCUT2D eigenvalue weighted by atomic mass is 9.83. The number of allylic oxidation sites excluding steroid dienone is 1. The van der Waals surface area contributed by atoms with E-state index in [-0.39, 0.29) is 0 Å². The number of morpholine rings is 1. The molecule has 1 aromatic rings. The molecular formula is C22H26N2O4. The fourth-order valence-electron chi connectivity index (χ4n) is 4.70. The van der Waals surface area contributed by atoms with E-state index in [1.165, 1.54) is 4.90 Å². The Morgan fingerprint density at radius 2 is 1.96 bits per heavy atom. The highest BCUT2D eigenvalue weighted by molar-refractivity contribution is 6.23. The summed E-state index contributed by atoms with van der Waals surface area (Å²) in [5, 5.41) is 11.7. The van der Waals surface area contributed by atoms with E-state index < -0.39 is 23.0 Å². The van der Waals surface area contributed by atoms with Crippen LogP contribution in [0.5, 0.6) is 0 Å². The molecule has 0 saturated carbocycles. The fraction of sp³-hybridized carbons (Fsp3) is 0.455. The Bertz CT molecular complexity index is 882. The minimum absolute atomic E-state index is 0.299. The van der Waals surface area contributed by atoms with Crippen LogP contribution in [0.2, 0.25) is 0 Å². The Hall–Kier alpha value is -2.44. The number of aliphatic hydroxyl groups is 1. The lowest BCUT2D eigenvalue weighted by molar-refractivity contribution is -0.181. The van der Waals surface area contributed by atoms with Crippen molar-refractivity contribution in [2.24, 2.45) is 0 Å². The van der Waals surface area contributed by atoms with Gasteiger partial charge in [-0.1, -0.05) is 30.3 Å². The number of hydrogen-bond donors (Lipinski definition) is 1. The van der Waals surface area contributed by atoms with Gasteiger partial charge < -0.3 is 19.6 Å². The van der Waals surface area contributed by atoms with Crippen molar-refractivity contribution in [1.29, 1.82) is 0 Å². The molecule has 1 fully saturated rings. The Morgan fingerprint density at radius 1 is 1.29 bits per heavy atom. The number of fused-ring (bicyclic) bond motifs is 3. The van der Waals surface area contributed by atoms with E-state index in [0.717, 1.165) is 11.1 Å². The summed E-state index contributed by atoms with van der Waals surface area (Å²) in [7, 11) is 0. The van der Waals surface area contributed by atoms with Crippen LogP contribution in [-0.4, -0.2) is 64.2 Å². The average molecular weight is 382 g/mol. The van der Waals surface area contributed by atoms with Gasteiger partial charge in [-0.25, -0.2) is 0 Å². The van der Waals surface area contributed by atoms with E-state index in [9.17, 15) is 14.7 Å². The molecule has 4 rings (SSSR count). The van der Waals surface area contributed by atoms with Crippen molar-refractivity contribution >= 4 is 17.4 Å². The second-order valence-corrected chi connectivity index (χ2v) is 8.21. The molecule has 0 aromatic heterocycles. The molecule has 1 amide bonds. The summed E-state index contributed by atoms with van der Waals surface area (Å²) in [4.78, 5) is 30.1. The lowest BCUT2D eigenvalue weighted by Gasteiger charge is -2.50. The largest absolute Gasteiger partial charge is 0.378 e. The zero-order valence-electron chi connectivity index (χ0n) is 16.4. The maximum absolute atomic E-state index is 13.5. The van der Waals surface area contributed by atoms with Gasteiger partial charge in [-0.3, -0.25) is 9.59 Å². The summed E-state index contributed by atoms with van der Waals surface area (Å²) in [5.74, 6) is -1.10. The second kappa shape index (κ2) is 6.57. The van der Waals surface area contributed by atoms with Crippen molar-refractivity contribution in [2.75, 3.05) is 26.3 Å². The van der Waals surface area contributed by atoms with E-state index >= 15 is 0 Å². The van der Waals surface area contributed by atoms with Gasteiger partial charge in [0, 0.05) is 29.8 Å². The molecule has 3 aliphatic heterocycles. The summed E-state index contributed by atoms with van der Waals surface area (Å²) in [5.41, 5.74) is 0.259. The zero-order valence-corrected chi connectivity index (χ0v) is 16.4. The molecule has 0 aliphatic carbocycles. The molecule has 3 aliphatic rings. The molecule has 6 nitrogen and oxygen atoms in total. The van der Waals surface area contributed by atoms with Crippen molar-refractivity contribution in [1.82, 2.24) is 9.80 Å². The first kappa shape index (κ1) is 18.9. The number of amides is 1. The first-order chi connectivity index (χ1) is 13.3. The smallest absolute Gasteiger partial charge is 0.284 e. The molecular weight excluding hydrogens is 356 g/mol. The molecule has 0 radical (unpaired) electrons. The number of hydrogen-bond acceptors (Lipinski definition) is 5. The highest BCUT2D eigenvalue weighted by Gasteiger charge is 2.63. The van der Waals surface area contributed by atoms with Crippen LogP contribution >= 0.6 is 0 Å². The Kier molecular flexibility index (Phi) is 4.43. The van der Waals surface area contributed by atoms with Crippen LogP contribution in [0.3, 0.4) is 0 Å². The maximum Gasteiger partial charge on any atom is 0.284 e. The molecule has 0 bridgehead atoms. The number of ketones is 1. The minimum atomic E-state index is -2.23. The molecule has 1 N–H and O–H groups in total. The highest BCUT2D eigenvalue weighted by Crippen LogP contribution is 2.50. The average Bonchev–Trinajstić information content (AvgIpc) is 2.92. The molecule has 28 heavy (non-hydrogen) atoms. The van der Waals surface area contributed by atoms with E-state index in [4.69, 9.17) is 4.74 Å². The van der Waals surface area contributed by atoms with Crippen LogP contribution in [0.15, 0.2) is 42.5 Å². The molecule has 1 aromatic carbocycles. The summed E-state index contributed by atoms with van der Waals surface area (Å²) >= 11 is 0. The number of carbonyl (C=O) groups is 2. The van der Waals surface area contributed by atoms with Gasteiger partial charge in [-0.2, -0.15) is 0 Å². The Morgan fingerprint density at radius 3 is 2.64 bits per heavy atom. The van der Waals surface area contributed by atoms with Crippen LogP contribution in [-0.2, 0) is 20.7 Å². The van der Waals surface area contributed by atoms with Gasteiger partial charge in [0.1, 0.15) is 0 Å². The standard InChI is InChI=1S/C22H26N2O4/c1-4-7-17-18-16-9-6-5-8-15(16)14-21(2,3)24(18)22(27,19(17)25)20(26)23-10-12-28-13-11-23/h4-6,8-9,27H,1,7,10-14H2,2-3H3/t22-/m0/s1. The summed E-state index contributed by atoms with van der Waals surface area (Å²) in [6, 6.07) is 7.88. The number of rotatable bonds is 3. The predicted octanol–water partition coefficient (Wildman–Crippen LogP) is 1.74. The summed E-state index contributed by atoms with van der Waals surface area (Å²) in [6.07, 6.45) is 2.57. The summed E-state index contributed by atoms with van der Waals surface area (Å²) in [6.45, 7) is 9.24. The van der Waals surface area contributed by atoms with Gasteiger partial charge >= 0.3 is 0 Å². The number of benzene rings is 1. The minimum Gasteiger partial charge on any atom is -0.378 e. The Labute approximate surface area is 165 Å². The second-order valence-electron chi connectivity index (χ2n) is 8.21. The van der Waals surface area contributed by atoms with E-state index in [1.807, 2.05) is 38.1 Å². The third-order valence-electron chi connectivity index (χ3n) is 5.87. The van der Waals surface area contributed by atoms with Gasteiger partial charge in [-0.05, 0) is 32.3 Å². The molecule has 3 heterocycles. The molecule has 1 saturated heterocycles. The van der Waals surface area contributed by atoms with Gasteiger partial charge in [0.05, 0.1) is 18.9 Å². The first-order valence-electron chi connectivity index (χ1n) is 9.69. The van der Waals surface area contributed by atoms with E-state index in [2.05, 4.69) is 6.58 Å². The number of ether oxygens (including phenoxy) is 1. The topological polar surface area (TPSA) is 70.1 Å². The van der Waals surface area contributed by atoms with Crippen molar-refractivity contribution < 1.29 is 19.4 Å². The van der Waals surface area contributed by atoms with Gasteiger partial charge in [0.2, 0.25) is 5.78 Å². The van der Waals surface area contributed by atoms with E-state index in [1.54, 1.807) is 11.0 Å². The monoisotopic (exact) mass is 382 g/mol. The van der Waals surface area contributed by atoms with Crippen LogP contribution in [0.1, 0.15) is 31.4 Å². The molecule has 0 spiro atoms. The highest BCUT2D eigenvalue weighted by atomic mass is 16.5. The third-order valence-corrected chi connectivity index (χ3v) is 5.87. The molecule has 148 valence electrons. The summed E-state index contributed by atoms with van der Waals surface area (Å²) < 4.78 is 5.33. The molecule has 6 heteroatoms. The van der Waals surface area contributed by atoms with Crippen LogP contribution in [0, 0.1) is 0 Å². The normalized spacial score (nSPS) is 26.2. The first-order valence-corrected chi connectivity index (χ1v) is 9.69. The number of nitrogens with zero attached hydrogens (tertiary/aromatic N) is 2. The van der Waals surface area contributed by atoms with Gasteiger partial charge in [0.15, 0.2) is 0 Å². The lowest BCUT2D eigenvalue weighted by Crippen LogP contribution is -2.67. The predicted molar refractivity (Wildman–Crippen MR) is 105 cm³/mol. The molecule has 1 atom stereocenters. The van der Waals surface area contributed by atoms with Crippen LogP contribution < -0.4 is 0 Å². The third kappa shape index (κ3) is 2.55. The number of Topliss-reactive ketones (excluding diaryl/α,β-unsaturated/α-hetero) is 1. The van der Waals surface area contributed by atoms with Crippen molar-refractivity contribution in [2.45, 2.75) is 38.0 Å².